The molecule has 0 aliphatic carbocycles. The summed E-state index contributed by atoms with van der Waals surface area (Å²) in [5, 5.41) is 2.78. The van der Waals surface area contributed by atoms with Crippen LogP contribution in [0, 0.1) is 0 Å². The van der Waals surface area contributed by atoms with Gasteiger partial charge in [0.1, 0.15) is 11.4 Å². The van der Waals surface area contributed by atoms with Crippen molar-refractivity contribution in [1.29, 1.82) is 0 Å². The van der Waals surface area contributed by atoms with Crippen LogP contribution in [0.5, 0.6) is 0 Å². The summed E-state index contributed by atoms with van der Waals surface area (Å²) in [6.45, 7) is 10.3. The number of amides is 1. The summed E-state index contributed by atoms with van der Waals surface area (Å²) < 4.78 is 7.45. The van der Waals surface area contributed by atoms with E-state index in [1.54, 1.807) is 0 Å². The summed E-state index contributed by atoms with van der Waals surface area (Å²) in [6.07, 6.45) is 0.284. The average Bonchev–Trinajstić information content (AvgIpc) is 2.74. The largest absolute Gasteiger partial charge is 0.444 e. The van der Waals surface area contributed by atoms with E-state index < -0.39 is 5.60 Å². The highest BCUT2D eigenvalue weighted by molar-refractivity contribution is 5.76. The van der Waals surface area contributed by atoms with Crippen LogP contribution < -0.4 is 5.32 Å². The molecular weight excluding hydrogens is 278 g/mol. The van der Waals surface area contributed by atoms with Gasteiger partial charge >= 0.3 is 6.09 Å². The zero-order chi connectivity index (χ0) is 16.3. The zero-order valence-electron chi connectivity index (χ0n) is 14.0. The van der Waals surface area contributed by atoms with Crippen molar-refractivity contribution in [3.63, 3.8) is 0 Å². The van der Waals surface area contributed by atoms with E-state index in [2.05, 4.69) is 34.8 Å². The quantitative estimate of drug-likeness (QED) is 0.937. The predicted octanol–water partition coefficient (Wildman–Crippen LogP) is 3.68. The maximum atomic E-state index is 11.7. The SMILES string of the molecule is CC(C)n1c(CCNC(=O)OC(C)(C)C)nc2ccccc21. The van der Waals surface area contributed by atoms with E-state index in [-0.39, 0.29) is 6.09 Å². The molecule has 0 radical (unpaired) electrons. The lowest BCUT2D eigenvalue weighted by molar-refractivity contribution is 0.0528. The van der Waals surface area contributed by atoms with Crippen LogP contribution in [0.1, 0.15) is 46.5 Å². The molecule has 1 aromatic heterocycles. The van der Waals surface area contributed by atoms with Crippen molar-refractivity contribution in [2.24, 2.45) is 0 Å². The molecule has 1 N–H and O–H groups in total. The second kappa shape index (κ2) is 6.38. The van der Waals surface area contributed by atoms with Gasteiger partial charge in [0, 0.05) is 19.0 Å². The van der Waals surface area contributed by atoms with Crippen molar-refractivity contribution in [3.8, 4) is 0 Å². The molecule has 0 unspecified atom stereocenters. The van der Waals surface area contributed by atoms with Gasteiger partial charge in [-0.1, -0.05) is 12.1 Å². The van der Waals surface area contributed by atoms with Crippen LogP contribution in [0.3, 0.4) is 0 Å². The Morgan fingerprint density at radius 1 is 1.32 bits per heavy atom. The van der Waals surface area contributed by atoms with Crippen LogP contribution >= 0.6 is 0 Å². The van der Waals surface area contributed by atoms with Crippen molar-refractivity contribution in [1.82, 2.24) is 14.9 Å². The highest BCUT2D eigenvalue weighted by Gasteiger charge is 2.17. The molecule has 1 aromatic carbocycles. The van der Waals surface area contributed by atoms with Crippen LogP contribution in [0.4, 0.5) is 4.79 Å². The van der Waals surface area contributed by atoms with Gasteiger partial charge in [-0.2, -0.15) is 0 Å². The average molecular weight is 303 g/mol. The maximum Gasteiger partial charge on any atom is 0.407 e. The molecule has 0 saturated heterocycles. The van der Waals surface area contributed by atoms with E-state index in [9.17, 15) is 4.79 Å². The summed E-state index contributed by atoms with van der Waals surface area (Å²) >= 11 is 0. The lowest BCUT2D eigenvalue weighted by Gasteiger charge is -2.19. The first-order valence-corrected chi connectivity index (χ1v) is 7.70. The van der Waals surface area contributed by atoms with Gasteiger partial charge in [0.15, 0.2) is 0 Å². The van der Waals surface area contributed by atoms with Crippen LogP contribution in [0.15, 0.2) is 24.3 Å². The van der Waals surface area contributed by atoms with E-state index in [0.717, 1.165) is 16.9 Å². The van der Waals surface area contributed by atoms with Crippen molar-refractivity contribution in [2.75, 3.05) is 6.54 Å². The van der Waals surface area contributed by atoms with Crippen LogP contribution in [0.2, 0.25) is 0 Å². The Morgan fingerprint density at radius 2 is 2.00 bits per heavy atom. The van der Waals surface area contributed by atoms with Gasteiger partial charge in [-0.15, -0.1) is 0 Å². The normalized spacial score (nSPS) is 11.9. The van der Waals surface area contributed by atoms with Gasteiger partial charge in [-0.25, -0.2) is 9.78 Å². The Labute approximate surface area is 131 Å². The second-order valence-electron chi connectivity index (χ2n) is 6.66. The number of carbonyl (C=O) groups is 1. The van der Waals surface area contributed by atoms with E-state index in [4.69, 9.17) is 4.74 Å². The number of hydrogen-bond donors (Lipinski definition) is 1. The van der Waals surface area contributed by atoms with Gasteiger partial charge in [0.25, 0.3) is 0 Å². The lowest BCUT2D eigenvalue weighted by atomic mass is 10.2. The molecule has 2 aromatic rings. The molecule has 2 rings (SSSR count). The van der Waals surface area contributed by atoms with Crippen LogP contribution in [-0.4, -0.2) is 27.8 Å². The van der Waals surface area contributed by atoms with Crippen LogP contribution in [-0.2, 0) is 11.2 Å². The minimum Gasteiger partial charge on any atom is -0.444 e. The molecule has 22 heavy (non-hydrogen) atoms. The number of fused-ring (bicyclic) bond motifs is 1. The Bertz CT molecular complexity index is 653. The number of nitrogens with one attached hydrogen (secondary N) is 1. The number of aromatic nitrogens is 2. The summed E-state index contributed by atoms with van der Waals surface area (Å²) in [7, 11) is 0. The highest BCUT2D eigenvalue weighted by Crippen LogP contribution is 2.21. The number of ether oxygens (including phenoxy) is 1. The minimum atomic E-state index is -0.477. The smallest absolute Gasteiger partial charge is 0.407 e. The first-order valence-electron chi connectivity index (χ1n) is 7.70. The van der Waals surface area contributed by atoms with Gasteiger partial charge in [0.2, 0.25) is 0 Å². The number of imidazole rings is 1. The molecule has 0 aliphatic rings. The third-order valence-corrected chi connectivity index (χ3v) is 3.20. The predicted molar refractivity (Wildman–Crippen MR) is 88.1 cm³/mol. The molecule has 0 bridgehead atoms. The van der Waals surface area contributed by atoms with E-state index in [1.807, 2.05) is 39.0 Å². The molecular formula is C17H25N3O2. The fourth-order valence-corrected chi connectivity index (χ4v) is 2.44. The topological polar surface area (TPSA) is 56.2 Å². The van der Waals surface area contributed by atoms with Gasteiger partial charge in [0.05, 0.1) is 11.0 Å². The molecule has 0 aliphatic heterocycles. The molecule has 0 fully saturated rings. The Morgan fingerprint density at radius 3 is 2.64 bits per heavy atom. The first-order chi connectivity index (χ1) is 10.3. The molecule has 0 spiro atoms. The summed E-state index contributed by atoms with van der Waals surface area (Å²) in [5.41, 5.74) is 1.64. The van der Waals surface area contributed by atoms with Crippen LogP contribution in [0.25, 0.3) is 11.0 Å². The van der Waals surface area contributed by atoms with E-state index in [1.165, 1.54) is 0 Å². The Kier molecular flexibility index (Phi) is 4.74. The first kappa shape index (κ1) is 16.3. The third-order valence-electron chi connectivity index (χ3n) is 3.20. The number of para-hydroxylation sites is 2. The van der Waals surface area contributed by atoms with Crippen molar-refractivity contribution in [2.45, 2.75) is 52.7 Å². The number of alkyl carbamates (subject to hydrolysis) is 1. The van der Waals surface area contributed by atoms with E-state index >= 15 is 0 Å². The molecule has 1 heterocycles. The minimum absolute atomic E-state index is 0.323. The number of rotatable bonds is 4. The molecule has 0 saturated carbocycles. The highest BCUT2D eigenvalue weighted by atomic mass is 16.6. The number of benzene rings is 1. The molecule has 120 valence electrons. The van der Waals surface area contributed by atoms with Gasteiger partial charge in [-0.05, 0) is 46.8 Å². The van der Waals surface area contributed by atoms with Crippen molar-refractivity contribution < 1.29 is 9.53 Å². The Hall–Kier alpha value is -2.04. The summed E-state index contributed by atoms with van der Waals surface area (Å²) in [4.78, 5) is 16.4. The zero-order valence-corrected chi connectivity index (χ0v) is 14.0. The Balaban J connectivity index is 2.06. The fraction of sp³-hybridized carbons (Fsp3) is 0.529. The molecule has 1 amide bonds. The lowest BCUT2D eigenvalue weighted by Crippen LogP contribution is -2.33. The molecule has 5 nitrogen and oxygen atoms in total. The maximum absolute atomic E-state index is 11.7. The van der Waals surface area contributed by atoms with Crippen molar-refractivity contribution >= 4 is 17.1 Å². The van der Waals surface area contributed by atoms with E-state index in [0.29, 0.717) is 19.0 Å². The second-order valence-corrected chi connectivity index (χ2v) is 6.66. The molecule has 5 heteroatoms. The summed E-state index contributed by atoms with van der Waals surface area (Å²) in [6, 6.07) is 8.42. The number of nitrogens with zero attached hydrogens (tertiary/aromatic N) is 2. The number of hydrogen-bond acceptors (Lipinski definition) is 3. The van der Waals surface area contributed by atoms with Crippen molar-refractivity contribution in [3.05, 3.63) is 30.1 Å². The van der Waals surface area contributed by atoms with Gasteiger partial charge in [-0.3, -0.25) is 0 Å². The molecule has 0 atom stereocenters. The third kappa shape index (κ3) is 4.00. The summed E-state index contributed by atoms with van der Waals surface area (Å²) in [5.74, 6) is 0.979. The standard InChI is InChI=1S/C17H25N3O2/c1-12(2)20-14-9-7-6-8-13(14)19-15(20)10-11-18-16(21)22-17(3,4)5/h6-9,12H,10-11H2,1-5H3,(H,18,21). The fourth-order valence-electron chi connectivity index (χ4n) is 2.44. The number of carbonyl (C=O) groups excluding carboxylic acids is 1. The monoisotopic (exact) mass is 303 g/mol. The van der Waals surface area contributed by atoms with Gasteiger partial charge < -0.3 is 14.6 Å².